The van der Waals surface area contributed by atoms with Crippen LogP contribution in [0, 0.1) is 12.3 Å². The van der Waals surface area contributed by atoms with Gasteiger partial charge in [-0.25, -0.2) is 0 Å². The summed E-state index contributed by atoms with van der Waals surface area (Å²) in [5, 5.41) is 0. The number of carbonyl (C=O) groups is 2. The molecule has 0 saturated carbocycles. The fourth-order valence-corrected chi connectivity index (χ4v) is 2.43. The second-order valence-electron chi connectivity index (χ2n) is 7.06. The molecule has 0 aromatic heterocycles. The number of hydrogen-bond donors (Lipinski definition) is 0. The first kappa shape index (κ1) is 17.0. The van der Waals surface area contributed by atoms with Gasteiger partial charge in [0.2, 0.25) is 5.78 Å². The zero-order valence-corrected chi connectivity index (χ0v) is 14.8. The fourth-order valence-electron chi connectivity index (χ4n) is 2.43. The molecule has 1 heterocycles. The van der Waals surface area contributed by atoms with E-state index in [9.17, 15) is 9.59 Å². The number of allylic oxidation sites excluding steroid dienone is 1. The number of ketones is 1. The zero-order chi connectivity index (χ0) is 18.2. The van der Waals surface area contributed by atoms with E-state index < -0.39 is 5.41 Å². The lowest BCUT2D eigenvalue weighted by atomic mass is 9.97. The molecule has 3 rings (SSSR count). The first-order valence-electron chi connectivity index (χ1n) is 8.12. The molecule has 0 atom stereocenters. The van der Waals surface area contributed by atoms with Crippen molar-refractivity contribution in [2.45, 2.75) is 27.7 Å². The molecule has 128 valence electrons. The molecule has 0 unspecified atom stereocenters. The molecular weight excluding hydrogens is 316 g/mol. The Morgan fingerprint density at radius 1 is 1.08 bits per heavy atom. The Labute approximate surface area is 147 Å². The minimum absolute atomic E-state index is 0.171. The van der Waals surface area contributed by atoms with Gasteiger partial charge in [-0.15, -0.1) is 0 Å². The maximum absolute atomic E-state index is 12.5. The van der Waals surface area contributed by atoms with Crippen LogP contribution in [0.15, 0.2) is 48.2 Å². The highest BCUT2D eigenvalue weighted by atomic mass is 16.5. The minimum Gasteiger partial charge on any atom is -0.452 e. The molecule has 0 fully saturated rings. The summed E-state index contributed by atoms with van der Waals surface area (Å²) in [6.45, 7) is 7.15. The van der Waals surface area contributed by atoms with E-state index in [4.69, 9.17) is 9.47 Å². The third-order valence-electron chi connectivity index (χ3n) is 3.95. The Hall–Kier alpha value is -2.88. The van der Waals surface area contributed by atoms with E-state index >= 15 is 0 Å². The molecular formula is C21H20O4. The van der Waals surface area contributed by atoms with E-state index in [1.807, 2.05) is 30.3 Å². The molecule has 2 aromatic carbocycles. The van der Waals surface area contributed by atoms with Crippen molar-refractivity contribution < 1.29 is 19.1 Å². The summed E-state index contributed by atoms with van der Waals surface area (Å²) in [7, 11) is 0. The van der Waals surface area contributed by atoms with Crippen molar-refractivity contribution in [2.24, 2.45) is 5.41 Å². The second-order valence-corrected chi connectivity index (χ2v) is 7.06. The maximum Gasteiger partial charge on any atom is 0.316 e. The lowest BCUT2D eigenvalue weighted by Crippen LogP contribution is -2.25. The van der Waals surface area contributed by atoms with Gasteiger partial charge in [0, 0.05) is 5.56 Å². The van der Waals surface area contributed by atoms with E-state index in [-0.39, 0.29) is 17.5 Å². The van der Waals surface area contributed by atoms with Crippen molar-refractivity contribution >= 4 is 17.8 Å². The molecule has 0 aliphatic carbocycles. The van der Waals surface area contributed by atoms with Crippen molar-refractivity contribution in [2.75, 3.05) is 0 Å². The fraction of sp³-hybridized carbons (Fsp3) is 0.238. The standard InChI is InChI=1S/C21H20O4/c1-13-16(25-20(23)21(2,3)4)11-10-15-18(22)17(24-19(13)15)12-14-8-6-5-7-9-14/h5-12H,1-4H3/b17-12-. The highest BCUT2D eigenvalue weighted by Gasteiger charge is 2.31. The van der Waals surface area contributed by atoms with E-state index in [1.165, 1.54) is 0 Å². The summed E-state index contributed by atoms with van der Waals surface area (Å²) in [4.78, 5) is 24.7. The Kier molecular flexibility index (Phi) is 4.21. The van der Waals surface area contributed by atoms with Gasteiger partial charge in [0.15, 0.2) is 5.76 Å². The van der Waals surface area contributed by atoms with Crippen molar-refractivity contribution in [3.8, 4) is 11.5 Å². The van der Waals surface area contributed by atoms with Gasteiger partial charge in [0.25, 0.3) is 0 Å². The Morgan fingerprint density at radius 3 is 2.40 bits per heavy atom. The summed E-state index contributed by atoms with van der Waals surface area (Å²) < 4.78 is 11.3. The SMILES string of the molecule is Cc1c(OC(=O)C(C)(C)C)ccc2c1O/C(=C\c1ccccc1)C2=O. The van der Waals surface area contributed by atoms with Gasteiger partial charge in [-0.2, -0.15) is 0 Å². The molecule has 2 aromatic rings. The number of esters is 1. The van der Waals surface area contributed by atoms with Gasteiger partial charge in [-0.1, -0.05) is 30.3 Å². The minimum atomic E-state index is -0.611. The van der Waals surface area contributed by atoms with Crippen LogP contribution in [0.5, 0.6) is 11.5 Å². The van der Waals surface area contributed by atoms with E-state index in [0.717, 1.165) is 5.56 Å². The quantitative estimate of drug-likeness (QED) is 0.458. The maximum atomic E-state index is 12.5. The molecule has 25 heavy (non-hydrogen) atoms. The van der Waals surface area contributed by atoms with Gasteiger partial charge < -0.3 is 9.47 Å². The number of ether oxygens (including phenoxy) is 2. The van der Waals surface area contributed by atoms with Gasteiger partial charge >= 0.3 is 5.97 Å². The van der Waals surface area contributed by atoms with E-state index in [0.29, 0.717) is 22.6 Å². The highest BCUT2D eigenvalue weighted by molar-refractivity contribution is 6.15. The number of Topliss-reactive ketones (excluding diaryl/α,β-unsaturated/α-hetero) is 1. The lowest BCUT2D eigenvalue weighted by molar-refractivity contribution is -0.143. The van der Waals surface area contributed by atoms with Crippen molar-refractivity contribution in [3.05, 3.63) is 64.9 Å². The van der Waals surface area contributed by atoms with Crippen LogP contribution in [0.3, 0.4) is 0 Å². The molecule has 0 spiro atoms. The van der Waals surface area contributed by atoms with Gasteiger partial charge in [0.1, 0.15) is 11.5 Å². The smallest absolute Gasteiger partial charge is 0.316 e. The molecule has 1 aliphatic heterocycles. The molecule has 0 amide bonds. The van der Waals surface area contributed by atoms with Crippen LogP contribution in [-0.4, -0.2) is 11.8 Å². The van der Waals surface area contributed by atoms with Crippen LogP contribution >= 0.6 is 0 Å². The number of hydrogen-bond acceptors (Lipinski definition) is 4. The molecule has 0 saturated heterocycles. The van der Waals surface area contributed by atoms with Crippen LogP contribution in [0.4, 0.5) is 0 Å². The topological polar surface area (TPSA) is 52.6 Å². The van der Waals surface area contributed by atoms with Crippen molar-refractivity contribution in [1.82, 2.24) is 0 Å². The monoisotopic (exact) mass is 336 g/mol. The predicted octanol–water partition coefficient (Wildman–Crippen LogP) is 4.56. The number of fused-ring (bicyclic) bond motifs is 1. The summed E-state index contributed by atoms with van der Waals surface area (Å²) in [6.07, 6.45) is 1.71. The first-order valence-corrected chi connectivity index (χ1v) is 8.12. The average molecular weight is 336 g/mol. The highest BCUT2D eigenvalue weighted by Crippen LogP contribution is 2.39. The second kappa shape index (κ2) is 6.20. The Morgan fingerprint density at radius 2 is 1.76 bits per heavy atom. The molecule has 0 bridgehead atoms. The molecule has 0 radical (unpaired) electrons. The Bertz CT molecular complexity index is 871. The third-order valence-corrected chi connectivity index (χ3v) is 3.95. The summed E-state index contributed by atoms with van der Waals surface area (Å²) >= 11 is 0. The van der Waals surface area contributed by atoms with Crippen LogP contribution in [0.2, 0.25) is 0 Å². The Balaban J connectivity index is 1.92. The van der Waals surface area contributed by atoms with Gasteiger partial charge in [-0.05, 0) is 51.5 Å². The average Bonchev–Trinajstić information content (AvgIpc) is 2.87. The van der Waals surface area contributed by atoms with Gasteiger partial charge in [-0.3, -0.25) is 9.59 Å². The van der Waals surface area contributed by atoms with Crippen molar-refractivity contribution in [1.29, 1.82) is 0 Å². The molecule has 0 N–H and O–H groups in total. The number of benzene rings is 2. The summed E-state index contributed by atoms with van der Waals surface area (Å²) in [5.41, 5.74) is 1.39. The lowest BCUT2D eigenvalue weighted by Gasteiger charge is -2.17. The van der Waals surface area contributed by atoms with Crippen LogP contribution in [0.25, 0.3) is 6.08 Å². The van der Waals surface area contributed by atoms with Crippen molar-refractivity contribution in [3.63, 3.8) is 0 Å². The molecule has 1 aliphatic rings. The molecule has 4 heteroatoms. The summed E-state index contributed by atoms with van der Waals surface area (Å²) in [5.74, 6) is 0.623. The van der Waals surface area contributed by atoms with Crippen LogP contribution in [-0.2, 0) is 4.79 Å². The number of rotatable bonds is 2. The van der Waals surface area contributed by atoms with Gasteiger partial charge in [0.05, 0.1) is 11.0 Å². The predicted molar refractivity (Wildman–Crippen MR) is 95.6 cm³/mol. The summed E-state index contributed by atoms with van der Waals surface area (Å²) in [6, 6.07) is 12.8. The molecule has 4 nitrogen and oxygen atoms in total. The van der Waals surface area contributed by atoms with E-state index in [2.05, 4.69) is 0 Å². The number of carbonyl (C=O) groups excluding carboxylic acids is 2. The third kappa shape index (κ3) is 3.33. The zero-order valence-electron chi connectivity index (χ0n) is 14.8. The van der Waals surface area contributed by atoms with Crippen LogP contribution in [0.1, 0.15) is 42.3 Å². The first-order chi connectivity index (χ1) is 11.8. The normalized spacial score (nSPS) is 15.0. The van der Waals surface area contributed by atoms with Crippen LogP contribution < -0.4 is 9.47 Å². The largest absolute Gasteiger partial charge is 0.452 e. The van der Waals surface area contributed by atoms with E-state index in [1.54, 1.807) is 45.9 Å².